The van der Waals surface area contributed by atoms with Gasteiger partial charge in [-0.05, 0) is 30.3 Å². The van der Waals surface area contributed by atoms with E-state index in [0.29, 0.717) is 22.5 Å². The molecule has 0 aliphatic heterocycles. The van der Waals surface area contributed by atoms with E-state index >= 15 is 0 Å². The molecule has 2 aromatic carbocycles. The van der Waals surface area contributed by atoms with E-state index in [0.717, 1.165) is 4.31 Å². The number of sulfonamides is 1. The standard InChI is InChI=1S/C21H21N5O6S/c1-24(2)33(29,30)17-11-13(9-10-16(17)31-4)20(28)32-12-18-22-23-21-25(3)19(27)14-7-5-6-8-15(14)26(18)21/h5-11H,12H2,1-4H3. The number of aromatic nitrogens is 4. The van der Waals surface area contributed by atoms with Gasteiger partial charge >= 0.3 is 5.97 Å². The van der Waals surface area contributed by atoms with Crippen LogP contribution < -0.4 is 10.3 Å². The molecule has 0 amide bonds. The molecule has 2 aromatic heterocycles. The van der Waals surface area contributed by atoms with E-state index in [1.54, 1.807) is 35.7 Å². The minimum absolute atomic E-state index is 0.0299. The molecule has 0 radical (unpaired) electrons. The molecule has 0 aliphatic rings. The predicted octanol–water partition coefficient (Wildman–Crippen LogP) is 1.20. The van der Waals surface area contributed by atoms with Gasteiger partial charge in [0, 0.05) is 21.1 Å². The number of ether oxygens (including phenoxy) is 2. The van der Waals surface area contributed by atoms with Crippen LogP contribution in [-0.4, -0.2) is 59.1 Å². The second-order valence-electron chi connectivity index (χ2n) is 7.36. The van der Waals surface area contributed by atoms with Crippen LogP contribution in [0.15, 0.2) is 52.2 Å². The van der Waals surface area contributed by atoms with Crippen LogP contribution in [-0.2, 0) is 28.4 Å². The first-order valence-corrected chi connectivity index (χ1v) is 11.2. The van der Waals surface area contributed by atoms with Gasteiger partial charge in [0.2, 0.25) is 15.8 Å². The molecule has 0 bridgehead atoms. The molecule has 172 valence electrons. The van der Waals surface area contributed by atoms with Gasteiger partial charge in [-0.2, -0.15) is 0 Å². The maximum absolute atomic E-state index is 12.7. The predicted molar refractivity (Wildman–Crippen MR) is 119 cm³/mol. The van der Waals surface area contributed by atoms with Crippen LogP contribution in [0.25, 0.3) is 16.7 Å². The topological polar surface area (TPSA) is 125 Å². The maximum Gasteiger partial charge on any atom is 0.338 e. The van der Waals surface area contributed by atoms with Crippen molar-refractivity contribution >= 4 is 32.7 Å². The molecule has 0 aliphatic carbocycles. The Bertz CT molecular complexity index is 1550. The van der Waals surface area contributed by atoms with Crippen molar-refractivity contribution in [2.24, 2.45) is 7.05 Å². The minimum Gasteiger partial charge on any atom is -0.495 e. The monoisotopic (exact) mass is 471 g/mol. The van der Waals surface area contributed by atoms with Gasteiger partial charge in [-0.25, -0.2) is 17.5 Å². The van der Waals surface area contributed by atoms with E-state index in [4.69, 9.17) is 9.47 Å². The molecule has 0 unspecified atom stereocenters. The zero-order valence-electron chi connectivity index (χ0n) is 18.3. The zero-order chi connectivity index (χ0) is 23.9. The Morgan fingerprint density at radius 3 is 2.55 bits per heavy atom. The molecule has 4 aromatic rings. The molecule has 0 N–H and O–H groups in total. The quantitative estimate of drug-likeness (QED) is 0.384. The van der Waals surface area contributed by atoms with Crippen LogP contribution in [0.1, 0.15) is 16.2 Å². The van der Waals surface area contributed by atoms with Crippen LogP contribution in [0, 0.1) is 0 Å². The lowest BCUT2D eigenvalue weighted by Crippen LogP contribution is -2.23. The Morgan fingerprint density at radius 1 is 1.12 bits per heavy atom. The fourth-order valence-electron chi connectivity index (χ4n) is 3.40. The highest BCUT2D eigenvalue weighted by Crippen LogP contribution is 2.27. The highest BCUT2D eigenvalue weighted by atomic mass is 32.2. The number of methoxy groups -OCH3 is 1. The third-order valence-electron chi connectivity index (χ3n) is 5.18. The molecule has 0 saturated carbocycles. The average Bonchev–Trinajstić information content (AvgIpc) is 3.24. The van der Waals surface area contributed by atoms with Crippen molar-refractivity contribution in [1.29, 1.82) is 0 Å². The van der Waals surface area contributed by atoms with Crippen LogP contribution >= 0.6 is 0 Å². The zero-order valence-corrected chi connectivity index (χ0v) is 19.2. The van der Waals surface area contributed by atoms with Crippen molar-refractivity contribution < 1.29 is 22.7 Å². The van der Waals surface area contributed by atoms with Gasteiger partial charge in [-0.1, -0.05) is 12.1 Å². The van der Waals surface area contributed by atoms with E-state index in [1.165, 1.54) is 44.0 Å². The average molecular weight is 471 g/mol. The molecule has 12 heteroatoms. The van der Waals surface area contributed by atoms with E-state index in [1.807, 2.05) is 0 Å². The summed E-state index contributed by atoms with van der Waals surface area (Å²) in [6.45, 7) is -0.246. The summed E-state index contributed by atoms with van der Waals surface area (Å²) in [5, 5.41) is 8.59. The Labute approximate surface area is 188 Å². The fraction of sp³-hybridized carbons (Fsp3) is 0.238. The van der Waals surface area contributed by atoms with Gasteiger partial charge in [-0.3, -0.25) is 13.8 Å². The normalized spacial score (nSPS) is 11.9. The summed E-state index contributed by atoms with van der Waals surface area (Å²) in [7, 11) is 1.84. The van der Waals surface area contributed by atoms with E-state index in [2.05, 4.69) is 10.2 Å². The first kappa shape index (κ1) is 22.4. The first-order chi connectivity index (χ1) is 15.7. The Kier molecular flexibility index (Phi) is 5.64. The van der Waals surface area contributed by atoms with Crippen molar-refractivity contribution in [2.75, 3.05) is 21.2 Å². The number of nitrogens with zero attached hydrogens (tertiary/aromatic N) is 5. The number of para-hydroxylation sites is 1. The van der Waals surface area contributed by atoms with Crippen LogP contribution in [0.5, 0.6) is 5.75 Å². The molecule has 11 nitrogen and oxygen atoms in total. The van der Waals surface area contributed by atoms with Gasteiger partial charge in [0.25, 0.3) is 5.56 Å². The van der Waals surface area contributed by atoms with Gasteiger partial charge in [-0.15, -0.1) is 10.2 Å². The Morgan fingerprint density at radius 2 is 1.85 bits per heavy atom. The molecule has 4 rings (SSSR count). The third kappa shape index (κ3) is 3.72. The largest absolute Gasteiger partial charge is 0.495 e. The Balaban J connectivity index is 1.69. The van der Waals surface area contributed by atoms with Gasteiger partial charge in [0.15, 0.2) is 12.4 Å². The molecule has 2 heterocycles. The summed E-state index contributed by atoms with van der Waals surface area (Å²) in [5.41, 5.74) is 0.389. The summed E-state index contributed by atoms with van der Waals surface area (Å²) in [4.78, 5) is 25.1. The second kappa shape index (κ2) is 8.30. The molecular formula is C21H21N5O6S. The number of carbonyl (C=O) groups excluding carboxylic acids is 1. The number of carbonyl (C=O) groups is 1. The van der Waals surface area contributed by atoms with Crippen LogP contribution in [0.3, 0.4) is 0 Å². The van der Waals surface area contributed by atoms with Gasteiger partial charge in [0.05, 0.1) is 23.6 Å². The highest BCUT2D eigenvalue weighted by Gasteiger charge is 2.24. The summed E-state index contributed by atoms with van der Waals surface area (Å²) < 4.78 is 39.8. The second-order valence-corrected chi connectivity index (χ2v) is 9.48. The highest BCUT2D eigenvalue weighted by molar-refractivity contribution is 7.89. The molecule has 0 fully saturated rings. The summed E-state index contributed by atoms with van der Waals surface area (Å²) in [5.74, 6) is -0.0387. The van der Waals surface area contributed by atoms with E-state index < -0.39 is 16.0 Å². The molecule has 0 saturated heterocycles. The molecule has 33 heavy (non-hydrogen) atoms. The van der Waals surface area contributed by atoms with Crippen LogP contribution in [0.4, 0.5) is 0 Å². The number of esters is 1. The maximum atomic E-state index is 12.7. The lowest BCUT2D eigenvalue weighted by atomic mass is 10.2. The molecule has 0 spiro atoms. The van der Waals surface area contributed by atoms with Crippen molar-refractivity contribution in [3.63, 3.8) is 0 Å². The summed E-state index contributed by atoms with van der Waals surface area (Å²) in [6, 6.07) is 11.0. The molecular weight excluding hydrogens is 450 g/mol. The minimum atomic E-state index is -3.85. The van der Waals surface area contributed by atoms with Gasteiger partial charge in [0.1, 0.15) is 10.6 Å². The number of hydrogen-bond donors (Lipinski definition) is 0. The SMILES string of the molecule is COc1ccc(C(=O)OCc2nnc3n(C)c(=O)c4ccccc4n23)cc1S(=O)(=O)N(C)C. The molecule has 0 atom stereocenters. The third-order valence-corrected chi connectivity index (χ3v) is 7.02. The number of hydrogen-bond acceptors (Lipinski definition) is 8. The van der Waals surface area contributed by atoms with Crippen molar-refractivity contribution in [3.8, 4) is 5.75 Å². The summed E-state index contributed by atoms with van der Waals surface area (Å²) >= 11 is 0. The summed E-state index contributed by atoms with van der Waals surface area (Å²) in [6.07, 6.45) is 0. The van der Waals surface area contributed by atoms with Gasteiger partial charge < -0.3 is 9.47 Å². The van der Waals surface area contributed by atoms with Crippen LogP contribution in [0.2, 0.25) is 0 Å². The van der Waals surface area contributed by atoms with Crippen molar-refractivity contribution in [1.82, 2.24) is 23.5 Å². The smallest absolute Gasteiger partial charge is 0.338 e. The number of benzene rings is 2. The number of rotatable bonds is 6. The lowest BCUT2D eigenvalue weighted by molar-refractivity contribution is 0.0461. The van der Waals surface area contributed by atoms with E-state index in [9.17, 15) is 18.0 Å². The lowest BCUT2D eigenvalue weighted by Gasteiger charge is -2.15. The Hall–Kier alpha value is -3.77. The number of fused-ring (bicyclic) bond motifs is 3. The number of aryl methyl sites for hydroxylation is 1. The van der Waals surface area contributed by atoms with Crippen molar-refractivity contribution in [3.05, 3.63) is 64.2 Å². The van der Waals surface area contributed by atoms with Crippen molar-refractivity contribution in [2.45, 2.75) is 11.5 Å². The fourth-order valence-corrected chi connectivity index (χ4v) is 4.48. The first-order valence-electron chi connectivity index (χ1n) is 9.76. The van der Waals surface area contributed by atoms with E-state index in [-0.39, 0.29) is 28.4 Å².